The van der Waals surface area contributed by atoms with Gasteiger partial charge in [0.1, 0.15) is 33.5 Å². The summed E-state index contributed by atoms with van der Waals surface area (Å²) in [6.07, 6.45) is 0. The highest BCUT2D eigenvalue weighted by atomic mass is 32.1. The molecule has 0 spiro atoms. The van der Waals surface area contributed by atoms with E-state index in [0.29, 0.717) is 0 Å². The zero-order valence-electron chi connectivity index (χ0n) is 65.2. The Labute approximate surface area is 691 Å². The molecule has 0 N–H and O–H groups in total. The van der Waals surface area contributed by atoms with Gasteiger partial charge in [0.2, 0.25) is 0 Å². The molecule has 18 aromatic carbocycles. The molecule has 6 aromatic heterocycles. The third-order valence-corrected chi connectivity index (χ3v) is 29.4. The number of fused-ring (bicyclic) bond motifs is 6. The van der Waals surface area contributed by atoms with Gasteiger partial charge in [0.15, 0.2) is 0 Å². The molecule has 0 atom stereocenters. The van der Waals surface area contributed by atoms with Crippen molar-refractivity contribution in [3.8, 4) is 123 Å². The van der Waals surface area contributed by atoms with Gasteiger partial charge in [-0.25, -0.2) is 4.98 Å². The smallest absolute Gasteiger partial charge is 0.136 e. The Hall–Kier alpha value is -14.3. The number of nitrogens with zero attached hydrogens (tertiary/aromatic N) is 1. The van der Waals surface area contributed by atoms with Gasteiger partial charge in [0, 0.05) is 111 Å². The van der Waals surface area contributed by atoms with E-state index in [1.54, 1.807) is 0 Å². The van der Waals surface area contributed by atoms with Gasteiger partial charge in [-0.1, -0.05) is 264 Å². The Morgan fingerprint density at radius 3 is 1.50 bits per heavy atom. The molecule has 0 aliphatic heterocycles. The molecule has 6 heteroatoms. The molecule has 0 saturated heterocycles. The Bertz CT molecular complexity index is 8730. The average Bonchev–Trinajstić information content (AvgIpc) is 1.53. The summed E-state index contributed by atoms with van der Waals surface area (Å²) in [7, 11) is 0. The van der Waals surface area contributed by atoms with Crippen molar-refractivity contribution in [2.45, 2.75) is 38.5 Å². The molecule has 0 unspecified atom stereocenters. The molecular weight excluding hydrogens is 1480 g/mol. The highest BCUT2D eigenvalue weighted by Crippen LogP contribution is 2.64. The number of thiophene rings is 2. The highest BCUT2D eigenvalue weighted by Gasteiger charge is 2.43. The number of rotatable bonds is 6. The summed E-state index contributed by atoms with van der Waals surface area (Å²) >= 11 is 3.81. The first kappa shape index (κ1) is 65.9. The van der Waals surface area contributed by atoms with Gasteiger partial charge in [-0.2, -0.15) is 0 Å². The Kier molecular flexibility index (Phi) is 13.2. The number of hydrogen-bond acceptors (Lipinski definition) is 6. The van der Waals surface area contributed by atoms with E-state index in [1.807, 2.05) is 34.8 Å². The van der Waals surface area contributed by atoms with Crippen LogP contribution in [0, 0.1) is 0 Å². The van der Waals surface area contributed by atoms with Crippen LogP contribution >= 0.6 is 22.7 Å². The van der Waals surface area contributed by atoms with E-state index >= 15 is 0 Å². The molecule has 6 heterocycles. The monoisotopic (exact) mass is 1550 g/mol. The normalized spacial score (nSPS) is 13.7. The molecule has 0 bridgehead atoms. The Balaban J connectivity index is 0.0000000954. The average molecular weight is 1550 g/mol. The molecule has 0 fully saturated rings. The van der Waals surface area contributed by atoms with Crippen molar-refractivity contribution in [3.63, 3.8) is 0 Å². The van der Waals surface area contributed by atoms with Crippen molar-refractivity contribution in [1.29, 1.82) is 0 Å². The lowest BCUT2D eigenvalue weighted by Gasteiger charge is -2.23. The van der Waals surface area contributed by atoms with Crippen LogP contribution in [0.5, 0.6) is 0 Å². The summed E-state index contributed by atoms with van der Waals surface area (Å²) in [5.74, 6) is 0. The van der Waals surface area contributed by atoms with E-state index in [4.69, 9.17) is 18.2 Å². The molecule has 119 heavy (non-hydrogen) atoms. The fourth-order valence-electron chi connectivity index (χ4n) is 21.9. The molecule has 24 aromatic rings. The van der Waals surface area contributed by atoms with Gasteiger partial charge in [-0.15, -0.1) is 22.7 Å². The van der Waals surface area contributed by atoms with Crippen LogP contribution in [-0.4, -0.2) is 4.98 Å². The van der Waals surface area contributed by atoms with Crippen LogP contribution in [0.4, 0.5) is 0 Å². The molecular formula is C113H67NO3S2. The van der Waals surface area contributed by atoms with E-state index < -0.39 is 0 Å². The summed E-state index contributed by atoms with van der Waals surface area (Å²) in [6, 6.07) is 122. The van der Waals surface area contributed by atoms with Crippen LogP contribution in [0.25, 0.3) is 261 Å². The second-order valence-corrected chi connectivity index (χ2v) is 36.2. The van der Waals surface area contributed by atoms with Crippen LogP contribution in [0.3, 0.4) is 0 Å². The van der Waals surface area contributed by atoms with E-state index in [9.17, 15) is 0 Å². The van der Waals surface area contributed by atoms with E-state index in [1.165, 1.54) is 222 Å². The van der Waals surface area contributed by atoms with E-state index in [0.717, 1.165) is 61.4 Å². The maximum absolute atomic E-state index is 6.43. The molecule has 29 rings (SSSR count). The number of para-hydroxylation sites is 1. The number of pyridine rings is 1. The third-order valence-electron chi connectivity index (χ3n) is 27.2. The van der Waals surface area contributed by atoms with Crippen LogP contribution in [-0.2, 0) is 10.8 Å². The molecule has 0 saturated carbocycles. The van der Waals surface area contributed by atoms with Crippen LogP contribution in [0.1, 0.15) is 49.9 Å². The quantitative estimate of drug-likeness (QED) is 0.166. The first-order valence-corrected chi connectivity index (χ1v) is 42.8. The minimum absolute atomic E-state index is 0.0510. The van der Waals surface area contributed by atoms with E-state index in [-0.39, 0.29) is 10.8 Å². The van der Waals surface area contributed by atoms with Crippen molar-refractivity contribution in [2.75, 3.05) is 0 Å². The lowest BCUT2D eigenvalue weighted by Crippen LogP contribution is -2.15. The van der Waals surface area contributed by atoms with Crippen LogP contribution in [0.15, 0.2) is 347 Å². The van der Waals surface area contributed by atoms with Gasteiger partial charge >= 0.3 is 0 Å². The number of furan rings is 3. The number of aromatic nitrogens is 1. The minimum Gasteiger partial charge on any atom is -0.456 e. The summed E-state index contributed by atoms with van der Waals surface area (Å²) in [5.41, 5.74) is 38.9. The van der Waals surface area contributed by atoms with Gasteiger partial charge in [-0.05, 0) is 235 Å². The first-order valence-electron chi connectivity index (χ1n) is 41.2. The van der Waals surface area contributed by atoms with Gasteiger partial charge in [-0.3, -0.25) is 0 Å². The zero-order chi connectivity index (χ0) is 78.2. The fourth-order valence-corrected chi connectivity index (χ4v) is 24.2. The molecule has 5 aliphatic carbocycles. The van der Waals surface area contributed by atoms with Crippen LogP contribution < -0.4 is 0 Å². The van der Waals surface area contributed by atoms with E-state index in [2.05, 4.69) is 349 Å². The second-order valence-electron chi connectivity index (χ2n) is 34.0. The summed E-state index contributed by atoms with van der Waals surface area (Å²) in [6.45, 7) is 9.56. The predicted molar refractivity (Wildman–Crippen MR) is 502 cm³/mol. The molecule has 0 amide bonds. The van der Waals surface area contributed by atoms with Crippen molar-refractivity contribution < 1.29 is 13.3 Å². The SMILES string of the molecule is CC1(C)c2cc(-c3cccc(-c4ccccc4)c3)cc3c2-c2c1ccc1ccc4oc5cccc-3c5c4c21.CC1(C)c2cccc3c2-c2c1ccc1c(-c4cccc(-c5cccc6oc7ccccc7c56)c4)cc4sc5cccc-3c5c4c21.c1ccc(-c2cccc(-c3ccc4sc5ccc6ccc7oc8cccc9c8c7c6c5c4c3-9)n2)cc1. The van der Waals surface area contributed by atoms with Crippen molar-refractivity contribution in [3.05, 3.63) is 356 Å². The maximum Gasteiger partial charge on any atom is 0.136 e. The molecule has 554 valence electrons. The van der Waals surface area contributed by atoms with Gasteiger partial charge in [0.25, 0.3) is 0 Å². The minimum atomic E-state index is -0.0992. The largest absolute Gasteiger partial charge is 0.456 e. The van der Waals surface area contributed by atoms with Gasteiger partial charge < -0.3 is 13.3 Å². The van der Waals surface area contributed by atoms with Crippen molar-refractivity contribution in [1.82, 2.24) is 4.98 Å². The highest BCUT2D eigenvalue weighted by molar-refractivity contribution is 7.26. The summed E-state index contributed by atoms with van der Waals surface area (Å²) in [4.78, 5) is 5.17. The lowest BCUT2D eigenvalue weighted by atomic mass is 9.79. The predicted octanol–water partition coefficient (Wildman–Crippen LogP) is 32.9. The molecule has 4 nitrogen and oxygen atoms in total. The maximum atomic E-state index is 6.43. The lowest BCUT2D eigenvalue weighted by molar-refractivity contribution is 0.661. The first-order chi connectivity index (χ1) is 58.5. The molecule has 5 aliphatic rings. The van der Waals surface area contributed by atoms with Crippen molar-refractivity contribution >= 4 is 161 Å². The molecule has 0 radical (unpaired) electrons. The van der Waals surface area contributed by atoms with Crippen molar-refractivity contribution in [2.24, 2.45) is 0 Å². The standard InChI is InChI=1S/C43H26OS.C37H24O.C33H17NOS/c1-43(2)31-15-6-13-26-27-14-8-18-35-39(27)42-36(45-35)22-30(28-19-20-32(43)41(38(26)31)40(28)42)24-10-5-9-23(21-24)25-12-7-17-34-37(25)29-11-3-4-16-33(29)44-34;1-37(2)28-16-14-22-15-17-31-36-32(22)35(28)33-27(26-12-7-13-30(38-31)34(26)36)19-25(20-29(33)37)24-11-6-10-23(18-24)21-8-4-3-5-9-21;1-2-6-18(7-3-1)22-9-5-10-23(34-22)20-14-17-27-33-29(20)21-8-4-11-24-30(21)31-25(35-24)15-12-19-13-16-26(36-27)32(33)28(19)31/h3-22H,1-2H3;3-20H,1-2H3;1-17H. The third kappa shape index (κ3) is 8.93. The second kappa shape index (κ2) is 23.7. The fraction of sp³-hybridized carbons (Fsp3) is 0.0531. The Morgan fingerprint density at radius 2 is 0.706 bits per heavy atom. The number of benzene rings is 18. The number of hydrogen-bond donors (Lipinski definition) is 0. The van der Waals surface area contributed by atoms with Crippen LogP contribution in [0.2, 0.25) is 0 Å². The summed E-state index contributed by atoms with van der Waals surface area (Å²) in [5, 5.41) is 20.7. The van der Waals surface area contributed by atoms with Gasteiger partial charge in [0.05, 0.1) is 11.4 Å². The zero-order valence-corrected chi connectivity index (χ0v) is 66.9. The summed E-state index contributed by atoms with van der Waals surface area (Å²) < 4.78 is 24.4. The topological polar surface area (TPSA) is 52.3 Å². The Morgan fingerprint density at radius 1 is 0.210 bits per heavy atom.